The highest BCUT2D eigenvalue weighted by Crippen LogP contribution is 2.18. The highest BCUT2D eigenvalue weighted by Gasteiger charge is 2.02. The summed E-state index contributed by atoms with van der Waals surface area (Å²) < 4.78 is 0. The van der Waals surface area contributed by atoms with Crippen molar-refractivity contribution in [2.75, 3.05) is 0 Å². The Morgan fingerprint density at radius 1 is 1.58 bits per heavy atom. The molecule has 3 nitrogen and oxygen atoms in total. The minimum absolute atomic E-state index is 0.444. The van der Waals surface area contributed by atoms with Gasteiger partial charge in [0, 0.05) is 5.56 Å². The summed E-state index contributed by atoms with van der Waals surface area (Å²) >= 11 is 0. The topological polar surface area (TPSA) is 47.5 Å². The summed E-state index contributed by atoms with van der Waals surface area (Å²) in [5.41, 5.74) is 6.84. The Morgan fingerprint density at radius 2 is 2.25 bits per heavy atom. The van der Waals surface area contributed by atoms with Crippen molar-refractivity contribution in [2.24, 2.45) is 5.73 Å². The quantitative estimate of drug-likeness (QED) is 0.624. The van der Waals surface area contributed by atoms with E-state index in [9.17, 15) is 4.79 Å². The first-order valence-electron chi connectivity index (χ1n) is 3.43. The second-order valence-corrected chi connectivity index (χ2v) is 2.48. The van der Waals surface area contributed by atoms with Crippen molar-refractivity contribution in [2.45, 2.75) is 6.92 Å². The molecule has 0 aliphatic rings. The van der Waals surface area contributed by atoms with E-state index in [4.69, 9.17) is 12.3 Å². The molecule has 0 fully saturated rings. The number of aryl methyl sites for hydroxylation is 1. The van der Waals surface area contributed by atoms with Gasteiger partial charge in [-0.05, 0) is 12.5 Å². The highest BCUT2D eigenvalue weighted by atomic mass is 16.1. The molecular formula is C9H8N2O. The molecule has 0 saturated heterocycles. The van der Waals surface area contributed by atoms with E-state index in [1.165, 1.54) is 0 Å². The first kappa shape index (κ1) is 8.28. The summed E-state index contributed by atoms with van der Waals surface area (Å²) in [5, 5.41) is 0. The van der Waals surface area contributed by atoms with Crippen LogP contribution in [-0.2, 0) is 0 Å². The van der Waals surface area contributed by atoms with Gasteiger partial charge in [0.05, 0.1) is 6.57 Å². The van der Waals surface area contributed by atoms with Crippen molar-refractivity contribution in [3.63, 3.8) is 0 Å². The predicted molar refractivity (Wildman–Crippen MR) is 46.0 cm³/mol. The van der Waals surface area contributed by atoms with Crippen molar-refractivity contribution >= 4 is 11.6 Å². The van der Waals surface area contributed by atoms with Crippen LogP contribution in [0.1, 0.15) is 15.9 Å². The second kappa shape index (κ2) is 3.05. The maximum atomic E-state index is 10.7. The van der Waals surface area contributed by atoms with Gasteiger partial charge in [0.2, 0.25) is 5.91 Å². The molecular weight excluding hydrogens is 152 g/mol. The number of carbonyl (C=O) groups is 1. The molecule has 1 rings (SSSR count). The molecule has 0 bridgehead atoms. The molecule has 0 aliphatic heterocycles. The van der Waals surface area contributed by atoms with E-state index in [1.807, 2.05) is 0 Å². The van der Waals surface area contributed by atoms with E-state index < -0.39 is 5.91 Å². The van der Waals surface area contributed by atoms with Crippen LogP contribution < -0.4 is 5.73 Å². The van der Waals surface area contributed by atoms with Gasteiger partial charge >= 0.3 is 0 Å². The molecule has 0 saturated carbocycles. The zero-order valence-corrected chi connectivity index (χ0v) is 6.66. The highest BCUT2D eigenvalue weighted by molar-refractivity contribution is 5.93. The molecule has 0 unspecified atom stereocenters. The fourth-order valence-corrected chi connectivity index (χ4v) is 0.934. The lowest BCUT2D eigenvalue weighted by Gasteiger charge is -1.98. The SMILES string of the molecule is [C-]#[N+]c1ccc(C(N)=O)cc1C. The van der Waals surface area contributed by atoms with Gasteiger partial charge in [0.25, 0.3) is 0 Å². The molecule has 1 amide bonds. The molecule has 0 atom stereocenters. The summed E-state index contributed by atoms with van der Waals surface area (Å²) in [6, 6.07) is 4.78. The van der Waals surface area contributed by atoms with Gasteiger partial charge in [0.1, 0.15) is 0 Å². The van der Waals surface area contributed by atoms with Crippen LogP contribution in [0.3, 0.4) is 0 Å². The van der Waals surface area contributed by atoms with Gasteiger partial charge in [-0.15, -0.1) is 0 Å². The van der Waals surface area contributed by atoms with Crippen LogP contribution in [0.25, 0.3) is 4.85 Å². The predicted octanol–water partition coefficient (Wildman–Crippen LogP) is 1.64. The average molecular weight is 160 g/mol. The Morgan fingerprint density at radius 3 is 2.67 bits per heavy atom. The number of carbonyl (C=O) groups excluding carboxylic acids is 1. The maximum Gasteiger partial charge on any atom is 0.248 e. The van der Waals surface area contributed by atoms with E-state index in [0.717, 1.165) is 5.56 Å². The van der Waals surface area contributed by atoms with E-state index in [-0.39, 0.29) is 0 Å². The Balaban J connectivity index is 3.21. The summed E-state index contributed by atoms with van der Waals surface area (Å²) in [5.74, 6) is -0.463. The monoisotopic (exact) mass is 160 g/mol. The number of primary amides is 1. The molecule has 0 aliphatic carbocycles. The van der Waals surface area contributed by atoms with Gasteiger partial charge in [-0.2, -0.15) is 0 Å². The first-order chi connectivity index (χ1) is 5.65. The van der Waals surface area contributed by atoms with Crippen molar-refractivity contribution in [3.05, 3.63) is 40.7 Å². The average Bonchev–Trinajstić information content (AvgIpc) is 2.04. The third-order valence-electron chi connectivity index (χ3n) is 1.60. The van der Waals surface area contributed by atoms with E-state index in [0.29, 0.717) is 11.3 Å². The van der Waals surface area contributed by atoms with Crippen LogP contribution in [0.15, 0.2) is 18.2 Å². The molecule has 12 heavy (non-hydrogen) atoms. The van der Waals surface area contributed by atoms with Crippen molar-refractivity contribution in [3.8, 4) is 0 Å². The standard InChI is InChI=1S/C9H8N2O/c1-6-5-7(9(10)12)3-4-8(6)11-2/h3-5H,1H3,(H2,10,12). The van der Waals surface area contributed by atoms with E-state index in [2.05, 4.69) is 4.85 Å². The largest absolute Gasteiger partial charge is 0.366 e. The van der Waals surface area contributed by atoms with Crippen LogP contribution in [-0.4, -0.2) is 5.91 Å². The van der Waals surface area contributed by atoms with Crippen LogP contribution in [0, 0.1) is 13.5 Å². The van der Waals surface area contributed by atoms with Crippen LogP contribution in [0.2, 0.25) is 0 Å². The first-order valence-corrected chi connectivity index (χ1v) is 3.43. The minimum atomic E-state index is -0.463. The van der Waals surface area contributed by atoms with Gasteiger partial charge in [-0.25, -0.2) is 4.85 Å². The number of benzene rings is 1. The Hall–Kier alpha value is -1.82. The van der Waals surface area contributed by atoms with Gasteiger partial charge in [0.15, 0.2) is 5.69 Å². The molecule has 0 heterocycles. The summed E-state index contributed by atoms with van der Waals surface area (Å²) in [4.78, 5) is 14.0. The zero-order valence-electron chi connectivity index (χ0n) is 6.66. The van der Waals surface area contributed by atoms with Crippen molar-refractivity contribution in [1.82, 2.24) is 0 Å². The summed E-state index contributed by atoms with van der Waals surface area (Å²) in [7, 11) is 0. The Bertz CT molecular complexity index is 363. The van der Waals surface area contributed by atoms with Gasteiger partial charge < -0.3 is 5.73 Å². The number of nitrogens with zero attached hydrogens (tertiary/aromatic N) is 1. The normalized spacial score (nSPS) is 9.00. The number of rotatable bonds is 1. The number of nitrogens with two attached hydrogens (primary N) is 1. The lowest BCUT2D eigenvalue weighted by molar-refractivity contribution is 0.100. The smallest absolute Gasteiger partial charge is 0.248 e. The molecule has 0 radical (unpaired) electrons. The molecule has 0 spiro atoms. The molecule has 2 N–H and O–H groups in total. The lowest BCUT2D eigenvalue weighted by Crippen LogP contribution is -2.10. The molecule has 1 aromatic carbocycles. The fourth-order valence-electron chi connectivity index (χ4n) is 0.934. The number of hydrogen-bond donors (Lipinski definition) is 1. The number of hydrogen-bond acceptors (Lipinski definition) is 1. The van der Waals surface area contributed by atoms with Gasteiger partial charge in [-0.1, -0.05) is 18.2 Å². The second-order valence-electron chi connectivity index (χ2n) is 2.48. The molecule has 0 aromatic heterocycles. The third-order valence-corrected chi connectivity index (χ3v) is 1.60. The van der Waals surface area contributed by atoms with Crippen molar-refractivity contribution < 1.29 is 4.79 Å². The Kier molecular flexibility index (Phi) is 2.11. The van der Waals surface area contributed by atoms with Crippen LogP contribution >= 0.6 is 0 Å². The van der Waals surface area contributed by atoms with Crippen LogP contribution in [0.4, 0.5) is 5.69 Å². The lowest BCUT2D eigenvalue weighted by atomic mass is 10.1. The molecule has 1 aromatic rings. The Labute approximate surface area is 70.6 Å². The summed E-state index contributed by atoms with van der Waals surface area (Å²) in [6.45, 7) is 8.55. The van der Waals surface area contributed by atoms with Crippen LogP contribution in [0.5, 0.6) is 0 Å². The third kappa shape index (κ3) is 1.43. The van der Waals surface area contributed by atoms with Crippen molar-refractivity contribution in [1.29, 1.82) is 0 Å². The minimum Gasteiger partial charge on any atom is -0.366 e. The number of amides is 1. The van der Waals surface area contributed by atoms with E-state index in [1.54, 1.807) is 25.1 Å². The molecule has 60 valence electrons. The van der Waals surface area contributed by atoms with E-state index >= 15 is 0 Å². The van der Waals surface area contributed by atoms with Gasteiger partial charge in [-0.3, -0.25) is 4.79 Å². The fraction of sp³-hybridized carbons (Fsp3) is 0.111. The summed E-state index contributed by atoms with van der Waals surface area (Å²) in [6.07, 6.45) is 0. The molecule has 3 heteroatoms. The maximum absolute atomic E-state index is 10.7. The zero-order chi connectivity index (χ0) is 9.14.